The Labute approximate surface area is 140 Å². The highest BCUT2D eigenvalue weighted by atomic mass is 16.5. The molecule has 0 fully saturated rings. The van der Waals surface area contributed by atoms with E-state index in [1.165, 1.54) is 4.90 Å². The van der Waals surface area contributed by atoms with Crippen molar-refractivity contribution in [1.29, 1.82) is 0 Å². The Morgan fingerprint density at radius 2 is 1.83 bits per heavy atom. The van der Waals surface area contributed by atoms with Crippen LogP contribution in [0, 0.1) is 6.92 Å². The Bertz CT molecular complexity index is 850. The Balaban J connectivity index is 2.02. The first-order chi connectivity index (χ1) is 11.7. The number of carbonyl (C=O) groups excluding carboxylic acids is 1. The maximum Gasteiger partial charge on any atom is 0.243 e. The third-order valence-electron chi connectivity index (χ3n) is 3.52. The summed E-state index contributed by atoms with van der Waals surface area (Å²) in [5.41, 5.74) is 8.71. The van der Waals surface area contributed by atoms with E-state index in [1.54, 1.807) is 24.4 Å². The van der Waals surface area contributed by atoms with Gasteiger partial charge in [-0.1, -0.05) is 24.3 Å². The molecule has 1 aromatic heterocycles. The predicted octanol–water partition coefficient (Wildman–Crippen LogP) is 4.06. The molecule has 0 saturated heterocycles. The Hall–Kier alpha value is -3.34. The van der Waals surface area contributed by atoms with Crippen molar-refractivity contribution in [2.75, 3.05) is 10.6 Å². The second-order valence-corrected chi connectivity index (χ2v) is 5.28. The number of ether oxygens (including phenoxy) is 1. The van der Waals surface area contributed by atoms with Gasteiger partial charge >= 0.3 is 0 Å². The zero-order valence-corrected chi connectivity index (χ0v) is 13.2. The maximum atomic E-state index is 11.7. The lowest BCUT2D eigenvalue weighted by Gasteiger charge is -2.21. The molecule has 5 nitrogen and oxygen atoms in total. The number of hydrogen-bond donors (Lipinski definition) is 1. The average Bonchev–Trinajstić information content (AvgIpc) is 2.59. The van der Waals surface area contributed by atoms with Crippen LogP contribution >= 0.6 is 0 Å². The quantitative estimate of drug-likeness (QED) is 0.569. The van der Waals surface area contributed by atoms with Crippen LogP contribution < -0.4 is 15.4 Å². The number of carbonyl (C=O) groups is 1. The van der Waals surface area contributed by atoms with Gasteiger partial charge in [0.05, 0.1) is 11.4 Å². The van der Waals surface area contributed by atoms with Crippen molar-refractivity contribution in [3.05, 3.63) is 72.4 Å². The van der Waals surface area contributed by atoms with Gasteiger partial charge < -0.3 is 10.5 Å². The van der Waals surface area contributed by atoms with Crippen molar-refractivity contribution in [2.45, 2.75) is 6.92 Å². The van der Waals surface area contributed by atoms with Crippen LogP contribution in [-0.2, 0) is 4.79 Å². The van der Waals surface area contributed by atoms with Crippen LogP contribution in [0.4, 0.5) is 17.1 Å². The molecule has 2 aromatic carbocycles. The van der Waals surface area contributed by atoms with Crippen molar-refractivity contribution in [1.82, 2.24) is 4.98 Å². The molecule has 120 valence electrons. The second kappa shape index (κ2) is 6.83. The number of hydrogen-bond acceptors (Lipinski definition) is 4. The number of nitrogen functional groups attached to an aromatic ring is 1. The number of para-hydroxylation sites is 1. The first kappa shape index (κ1) is 15.6. The van der Waals surface area contributed by atoms with E-state index >= 15 is 0 Å². The van der Waals surface area contributed by atoms with Gasteiger partial charge in [0.25, 0.3) is 0 Å². The number of amides is 1. The minimum atomic E-state index is 0.329. The number of anilines is 3. The fourth-order valence-corrected chi connectivity index (χ4v) is 2.38. The smallest absolute Gasteiger partial charge is 0.243 e. The Morgan fingerprint density at radius 1 is 1.04 bits per heavy atom. The molecular weight excluding hydrogens is 302 g/mol. The number of benzene rings is 2. The first-order valence-corrected chi connectivity index (χ1v) is 7.47. The minimum Gasteiger partial charge on any atom is -0.437 e. The van der Waals surface area contributed by atoms with Gasteiger partial charge in [0, 0.05) is 6.20 Å². The van der Waals surface area contributed by atoms with E-state index in [4.69, 9.17) is 10.5 Å². The van der Waals surface area contributed by atoms with Crippen LogP contribution in [0.1, 0.15) is 5.56 Å². The zero-order chi connectivity index (χ0) is 16.9. The molecule has 3 aromatic rings. The van der Waals surface area contributed by atoms with Crippen molar-refractivity contribution in [3.63, 3.8) is 0 Å². The number of aryl methyl sites for hydroxylation is 1. The van der Waals surface area contributed by atoms with Crippen molar-refractivity contribution >= 4 is 23.5 Å². The van der Waals surface area contributed by atoms with Crippen LogP contribution in [0.5, 0.6) is 11.6 Å². The fourth-order valence-electron chi connectivity index (χ4n) is 2.38. The van der Waals surface area contributed by atoms with E-state index < -0.39 is 0 Å². The third kappa shape index (κ3) is 3.20. The summed E-state index contributed by atoms with van der Waals surface area (Å²) < 4.78 is 5.82. The molecule has 0 bridgehead atoms. The summed E-state index contributed by atoms with van der Waals surface area (Å²) >= 11 is 0. The molecule has 1 amide bonds. The summed E-state index contributed by atoms with van der Waals surface area (Å²) in [5, 5.41) is 0. The minimum absolute atomic E-state index is 0.329. The van der Waals surface area contributed by atoms with Crippen molar-refractivity contribution < 1.29 is 9.53 Å². The number of nitrogens with two attached hydrogens (primary N) is 1. The zero-order valence-electron chi connectivity index (χ0n) is 13.2. The summed E-state index contributed by atoms with van der Waals surface area (Å²) in [6, 6.07) is 18.3. The van der Waals surface area contributed by atoms with E-state index in [2.05, 4.69) is 4.98 Å². The molecule has 0 aliphatic carbocycles. The summed E-state index contributed by atoms with van der Waals surface area (Å²) in [6.45, 7) is 1.94. The molecule has 0 aliphatic heterocycles. The van der Waals surface area contributed by atoms with Crippen molar-refractivity contribution in [2.24, 2.45) is 0 Å². The monoisotopic (exact) mass is 319 g/mol. The summed E-state index contributed by atoms with van der Waals surface area (Å²) in [7, 11) is 0. The lowest BCUT2D eigenvalue weighted by Crippen LogP contribution is -2.17. The lowest BCUT2D eigenvalue weighted by atomic mass is 10.1. The lowest BCUT2D eigenvalue weighted by molar-refractivity contribution is -0.106. The summed E-state index contributed by atoms with van der Waals surface area (Å²) in [5.74, 6) is 0.968. The second-order valence-electron chi connectivity index (χ2n) is 5.28. The molecule has 2 N–H and O–H groups in total. The Morgan fingerprint density at radius 3 is 2.54 bits per heavy atom. The van der Waals surface area contributed by atoms with E-state index in [1.807, 2.05) is 49.4 Å². The van der Waals surface area contributed by atoms with Gasteiger partial charge in [0.15, 0.2) is 0 Å². The summed E-state index contributed by atoms with van der Waals surface area (Å²) in [4.78, 5) is 17.4. The largest absolute Gasteiger partial charge is 0.437 e. The van der Waals surface area contributed by atoms with Gasteiger partial charge in [0.1, 0.15) is 11.4 Å². The van der Waals surface area contributed by atoms with Gasteiger partial charge in [-0.3, -0.25) is 9.69 Å². The van der Waals surface area contributed by atoms with E-state index in [-0.39, 0.29) is 0 Å². The molecule has 0 spiro atoms. The van der Waals surface area contributed by atoms with Crippen LogP contribution in [0.15, 0.2) is 66.9 Å². The third-order valence-corrected chi connectivity index (χ3v) is 3.52. The molecule has 0 saturated carbocycles. The highest BCUT2D eigenvalue weighted by Crippen LogP contribution is 2.36. The van der Waals surface area contributed by atoms with Crippen LogP contribution in [-0.4, -0.2) is 11.4 Å². The maximum absolute atomic E-state index is 11.7. The normalized spacial score (nSPS) is 10.2. The van der Waals surface area contributed by atoms with Gasteiger partial charge in [-0.05, 0) is 48.9 Å². The Kier molecular flexibility index (Phi) is 4.43. The molecular formula is C19H17N3O2. The van der Waals surface area contributed by atoms with Gasteiger partial charge in [-0.25, -0.2) is 4.98 Å². The van der Waals surface area contributed by atoms with Crippen LogP contribution in [0.3, 0.4) is 0 Å². The molecule has 1 heterocycles. The number of nitrogens with zero attached hydrogens (tertiary/aromatic N) is 2. The van der Waals surface area contributed by atoms with E-state index in [0.29, 0.717) is 35.1 Å². The van der Waals surface area contributed by atoms with Gasteiger partial charge in [-0.2, -0.15) is 0 Å². The predicted molar refractivity (Wildman–Crippen MR) is 94.5 cm³/mol. The average molecular weight is 319 g/mol. The van der Waals surface area contributed by atoms with Gasteiger partial charge in [-0.15, -0.1) is 0 Å². The standard InChI is InChI=1S/C19H17N3O2/c1-14-9-10-17(16(20)12-14)22(13-23)18-8-5-11-21-19(18)24-15-6-3-2-4-7-15/h2-13H,20H2,1H3. The van der Waals surface area contributed by atoms with Gasteiger partial charge in [0.2, 0.25) is 12.3 Å². The highest BCUT2D eigenvalue weighted by molar-refractivity contribution is 5.92. The SMILES string of the molecule is Cc1ccc(N(C=O)c2cccnc2Oc2ccccc2)c(N)c1. The van der Waals surface area contributed by atoms with E-state index in [0.717, 1.165) is 5.56 Å². The molecule has 3 rings (SSSR count). The molecule has 24 heavy (non-hydrogen) atoms. The molecule has 0 atom stereocenters. The highest BCUT2D eigenvalue weighted by Gasteiger charge is 2.17. The molecule has 5 heteroatoms. The number of pyridine rings is 1. The molecule has 0 unspecified atom stereocenters. The van der Waals surface area contributed by atoms with Crippen LogP contribution in [0.2, 0.25) is 0 Å². The van der Waals surface area contributed by atoms with Crippen LogP contribution in [0.25, 0.3) is 0 Å². The topological polar surface area (TPSA) is 68.5 Å². The molecule has 0 radical (unpaired) electrons. The van der Waals surface area contributed by atoms with Crippen molar-refractivity contribution in [3.8, 4) is 11.6 Å². The molecule has 0 aliphatic rings. The number of rotatable bonds is 5. The first-order valence-electron chi connectivity index (χ1n) is 7.47. The number of aromatic nitrogens is 1. The van der Waals surface area contributed by atoms with E-state index in [9.17, 15) is 4.79 Å². The fraction of sp³-hybridized carbons (Fsp3) is 0.0526. The summed E-state index contributed by atoms with van der Waals surface area (Å²) in [6.07, 6.45) is 2.32.